The lowest BCUT2D eigenvalue weighted by Gasteiger charge is -2.36. The number of anilines is 1. The van der Waals surface area contributed by atoms with Crippen molar-refractivity contribution in [3.8, 4) is 0 Å². The Bertz CT molecular complexity index is 682. The summed E-state index contributed by atoms with van der Waals surface area (Å²) in [5.41, 5.74) is 5.27. The number of halogens is 3. The molecule has 21 heavy (non-hydrogen) atoms. The number of thioether (sulfide) groups is 1. The molecule has 0 spiro atoms. The van der Waals surface area contributed by atoms with Gasteiger partial charge in [0, 0.05) is 23.6 Å². The van der Waals surface area contributed by atoms with E-state index in [-0.39, 0.29) is 19.9 Å². The number of sulfonamides is 1. The Morgan fingerprint density at radius 2 is 2.14 bits per heavy atom. The third-order valence-electron chi connectivity index (χ3n) is 3.17. The summed E-state index contributed by atoms with van der Waals surface area (Å²) in [6.07, 6.45) is 0. The van der Waals surface area contributed by atoms with Crippen LogP contribution in [0.15, 0.2) is 15.4 Å². The number of hydrogen-bond acceptors (Lipinski definition) is 4. The molecule has 1 aliphatic heterocycles. The first kappa shape index (κ1) is 17.3. The summed E-state index contributed by atoms with van der Waals surface area (Å²) in [5.74, 6) is -0.310. The smallest absolute Gasteiger partial charge is 0.246 e. The summed E-state index contributed by atoms with van der Waals surface area (Å²) in [5, 5.41) is 0.0677. The van der Waals surface area contributed by atoms with E-state index in [4.69, 9.17) is 17.3 Å². The number of rotatable bonds is 2. The SMILES string of the molecule is CC1(C)CN(S(=O)(=O)c2cc(Cl)c(Br)c(N)c2F)CCS1. The maximum atomic E-state index is 14.3. The largest absolute Gasteiger partial charge is 0.395 e. The van der Waals surface area contributed by atoms with Gasteiger partial charge in [0.2, 0.25) is 10.0 Å². The minimum absolute atomic E-state index is 0.0677. The predicted octanol–water partition coefficient (Wildman–Crippen LogP) is 3.34. The average molecular weight is 418 g/mol. The molecule has 0 saturated carbocycles. The van der Waals surface area contributed by atoms with Gasteiger partial charge in [-0.15, -0.1) is 0 Å². The van der Waals surface area contributed by atoms with Gasteiger partial charge >= 0.3 is 0 Å². The van der Waals surface area contributed by atoms with Crippen LogP contribution in [0.2, 0.25) is 5.02 Å². The third-order valence-corrected chi connectivity index (χ3v) is 7.69. The van der Waals surface area contributed by atoms with E-state index >= 15 is 0 Å². The van der Waals surface area contributed by atoms with Crippen LogP contribution in [0.1, 0.15) is 13.8 Å². The highest BCUT2D eigenvalue weighted by Gasteiger charge is 2.36. The maximum absolute atomic E-state index is 14.3. The zero-order valence-corrected chi connectivity index (χ0v) is 15.5. The fraction of sp³-hybridized carbons (Fsp3) is 0.500. The average Bonchev–Trinajstić information content (AvgIpc) is 2.39. The summed E-state index contributed by atoms with van der Waals surface area (Å²) in [6, 6.07) is 1.10. The second-order valence-corrected chi connectivity index (χ2v) is 10.3. The Balaban J connectivity index is 2.50. The van der Waals surface area contributed by atoms with Crippen LogP contribution in [0, 0.1) is 5.82 Å². The monoisotopic (exact) mass is 416 g/mol. The lowest BCUT2D eigenvalue weighted by atomic mass is 10.2. The molecule has 0 aromatic heterocycles. The summed E-state index contributed by atoms with van der Waals surface area (Å²) < 4.78 is 40.8. The first-order valence-corrected chi connectivity index (χ1v) is 9.73. The second kappa shape index (κ2) is 5.88. The quantitative estimate of drug-likeness (QED) is 0.592. The van der Waals surface area contributed by atoms with E-state index in [1.54, 1.807) is 11.8 Å². The summed E-state index contributed by atoms with van der Waals surface area (Å²) in [4.78, 5) is -0.476. The van der Waals surface area contributed by atoms with Crippen LogP contribution in [0.25, 0.3) is 0 Å². The van der Waals surface area contributed by atoms with Crippen LogP contribution in [0.4, 0.5) is 10.1 Å². The molecular weight excluding hydrogens is 403 g/mol. The normalized spacial score (nSPS) is 19.7. The van der Waals surface area contributed by atoms with Gasteiger partial charge in [-0.3, -0.25) is 0 Å². The first-order chi connectivity index (χ1) is 9.56. The van der Waals surface area contributed by atoms with Crippen molar-refractivity contribution in [1.29, 1.82) is 0 Å². The number of nitrogen functional groups attached to an aromatic ring is 1. The van der Waals surface area contributed by atoms with Gasteiger partial charge in [-0.2, -0.15) is 16.1 Å². The molecule has 0 unspecified atom stereocenters. The lowest BCUT2D eigenvalue weighted by molar-refractivity contribution is 0.385. The van der Waals surface area contributed by atoms with E-state index in [1.807, 2.05) is 13.8 Å². The zero-order chi connectivity index (χ0) is 16.0. The Morgan fingerprint density at radius 3 is 2.71 bits per heavy atom. The molecule has 0 aliphatic carbocycles. The molecule has 118 valence electrons. The Hall–Kier alpha value is -0.0200. The van der Waals surface area contributed by atoms with Crippen LogP contribution >= 0.6 is 39.3 Å². The zero-order valence-electron chi connectivity index (χ0n) is 11.5. The Labute approximate surface area is 141 Å². The highest BCUT2D eigenvalue weighted by Crippen LogP contribution is 2.38. The van der Waals surface area contributed by atoms with Gasteiger partial charge < -0.3 is 5.73 Å². The number of nitrogens with zero attached hydrogens (tertiary/aromatic N) is 1. The fourth-order valence-electron chi connectivity index (χ4n) is 2.10. The number of benzene rings is 1. The number of nitrogens with two attached hydrogens (primary N) is 1. The van der Waals surface area contributed by atoms with Crippen molar-refractivity contribution >= 4 is 55.0 Å². The lowest BCUT2D eigenvalue weighted by Crippen LogP contribution is -2.46. The molecule has 1 aromatic carbocycles. The molecule has 0 atom stereocenters. The highest BCUT2D eigenvalue weighted by atomic mass is 79.9. The van der Waals surface area contributed by atoms with Crippen molar-refractivity contribution in [3.63, 3.8) is 0 Å². The Kier molecular flexibility index (Phi) is 4.86. The summed E-state index contributed by atoms with van der Waals surface area (Å²) >= 11 is 10.6. The van der Waals surface area contributed by atoms with E-state index < -0.39 is 20.7 Å². The minimum atomic E-state index is -3.97. The van der Waals surface area contributed by atoms with Gasteiger partial charge in [0.25, 0.3) is 0 Å². The molecule has 0 bridgehead atoms. The molecular formula is C12H15BrClFN2O2S2. The van der Waals surface area contributed by atoms with Crippen molar-refractivity contribution in [2.75, 3.05) is 24.6 Å². The molecule has 1 heterocycles. The van der Waals surface area contributed by atoms with Crippen molar-refractivity contribution < 1.29 is 12.8 Å². The topological polar surface area (TPSA) is 63.4 Å². The molecule has 1 saturated heterocycles. The van der Waals surface area contributed by atoms with Gasteiger partial charge in [0.15, 0.2) is 5.82 Å². The van der Waals surface area contributed by atoms with Gasteiger partial charge in [0.1, 0.15) is 4.90 Å². The summed E-state index contributed by atoms with van der Waals surface area (Å²) in [6.45, 7) is 4.56. The standard InChI is InChI=1S/C12H15BrClFN2O2S2/c1-12(2)6-17(3-4-20-12)21(18,19)8-5-7(14)9(13)11(16)10(8)15/h5H,3-4,6,16H2,1-2H3. The van der Waals surface area contributed by atoms with E-state index in [0.717, 1.165) is 6.07 Å². The third kappa shape index (κ3) is 3.34. The van der Waals surface area contributed by atoms with Crippen molar-refractivity contribution in [3.05, 3.63) is 21.4 Å². The Morgan fingerprint density at radius 1 is 1.52 bits per heavy atom. The van der Waals surface area contributed by atoms with Gasteiger partial charge in [-0.25, -0.2) is 12.8 Å². The second-order valence-electron chi connectivity index (χ2n) is 5.34. The molecule has 0 amide bonds. The fourth-order valence-corrected chi connectivity index (χ4v) is 5.68. The van der Waals surface area contributed by atoms with E-state index in [9.17, 15) is 12.8 Å². The molecule has 1 aromatic rings. The van der Waals surface area contributed by atoms with Crippen LogP contribution in [0.5, 0.6) is 0 Å². The van der Waals surface area contributed by atoms with Gasteiger partial charge in [-0.05, 0) is 35.8 Å². The molecule has 1 aliphatic rings. The van der Waals surface area contributed by atoms with Crippen LogP contribution in [-0.2, 0) is 10.0 Å². The molecule has 9 heteroatoms. The van der Waals surface area contributed by atoms with Gasteiger partial charge in [0.05, 0.1) is 15.2 Å². The molecule has 4 nitrogen and oxygen atoms in total. The molecule has 0 radical (unpaired) electrons. The van der Waals surface area contributed by atoms with Crippen molar-refractivity contribution in [2.24, 2.45) is 0 Å². The van der Waals surface area contributed by atoms with Crippen LogP contribution < -0.4 is 5.73 Å². The van der Waals surface area contributed by atoms with Crippen molar-refractivity contribution in [1.82, 2.24) is 4.31 Å². The van der Waals surface area contributed by atoms with Crippen LogP contribution in [0.3, 0.4) is 0 Å². The highest BCUT2D eigenvalue weighted by molar-refractivity contribution is 9.10. The van der Waals surface area contributed by atoms with Gasteiger partial charge in [-0.1, -0.05) is 11.6 Å². The molecule has 1 fully saturated rings. The maximum Gasteiger partial charge on any atom is 0.246 e. The van der Waals surface area contributed by atoms with E-state index in [1.165, 1.54) is 4.31 Å². The van der Waals surface area contributed by atoms with Crippen molar-refractivity contribution in [2.45, 2.75) is 23.5 Å². The van der Waals surface area contributed by atoms with Crippen LogP contribution in [-0.4, -0.2) is 36.3 Å². The summed E-state index contributed by atoms with van der Waals surface area (Å²) in [7, 11) is -3.97. The molecule has 2 N–H and O–H groups in total. The molecule has 2 rings (SSSR count). The minimum Gasteiger partial charge on any atom is -0.395 e. The van der Waals surface area contributed by atoms with E-state index in [0.29, 0.717) is 18.8 Å². The first-order valence-electron chi connectivity index (χ1n) is 6.13. The predicted molar refractivity (Wildman–Crippen MR) is 88.8 cm³/mol. The number of hydrogen-bond donors (Lipinski definition) is 1. The van der Waals surface area contributed by atoms with E-state index in [2.05, 4.69) is 15.9 Å².